The van der Waals surface area contributed by atoms with Crippen LogP contribution in [0.1, 0.15) is 6.92 Å². The average Bonchev–Trinajstić information content (AvgIpc) is 2.08. The van der Waals surface area contributed by atoms with E-state index in [0.717, 1.165) is 0 Å². The van der Waals surface area contributed by atoms with Gasteiger partial charge in [-0.05, 0) is 0 Å². The topological polar surface area (TPSA) is 0 Å². The summed E-state index contributed by atoms with van der Waals surface area (Å²) < 4.78 is 0. The molecule has 0 N–H and O–H groups in total. The van der Waals surface area contributed by atoms with Gasteiger partial charge in [-0.15, -0.1) is 32.1 Å². The molecule has 0 heterocycles. The van der Waals surface area contributed by atoms with E-state index in [4.69, 9.17) is 6.42 Å². The van der Waals surface area contributed by atoms with Gasteiger partial charge >= 0.3 is 0 Å². The van der Waals surface area contributed by atoms with E-state index in [-0.39, 0.29) is 5.54 Å². The predicted molar refractivity (Wildman–Crippen MR) is 54.6 cm³/mol. The predicted octanol–water partition coefficient (Wildman–Crippen LogP) is 2.63. The summed E-state index contributed by atoms with van der Waals surface area (Å²) in [5, 5.41) is 0. The molecule has 0 rings (SSSR count). The molecule has 0 radical (unpaired) electrons. The van der Waals surface area contributed by atoms with Crippen LogP contribution in [0.2, 0.25) is 5.54 Å². The van der Waals surface area contributed by atoms with Crippen molar-refractivity contribution < 1.29 is 0 Å². The van der Waals surface area contributed by atoms with Crippen LogP contribution >= 0.6 is 0 Å². The summed E-state index contributed by atoms with van der Waals surface area (Å²) in [6, 6.07) is 0. The highest BCUT2D eigenvalue weighted by Crippen LogP contribution is 2.23. The second-order valence-corrected chi connectivity index (χ2v) is 6.59. The van der Waals surface area contributed by atoms with Crippen LogP contribution in [-0.2, 0) is 0 Å². The Labute approximate surface area is 70.3 Å². The van der Waals surface area contributed by atoms with E-state index in [9.17, 15) is 0 Å². The summed E-state index contributed by atoms with van der Waals surface area (Å²) in [6.45, 7) is 13.3. The number of rotatable bonds is 4. The number of hydrogen-bond donors (Lipinski definition) is 0. The maximum atomic E-state index is 5.33. The van der Waals surface area contributed by atoms with Gasteiger partial charge in [0.05, 0.1) is 0 Å². The van der Waals surface area contributed by atoms with Crippen molar-refractivity contribution in [1.29, 1.82) is 0 Å². The average molecular weight is 162 g/mol. The van der Waals surface area contributed by atoms with Crippen LogP contribution in [-0.4, -0.2) is 8.07 Å². The van der Waals surface area contributed by atoms with Gasteiger partial charge in [0.15, 0.2) is 0 Å². The maximum absolute atomic E-state index is 5.33. The van der Waals surface area contributed by atoms with Crippen LogP contribution in [0, 0.1) is 12.3 Å². The quantitative estimate of drug-likeness (QED) is 0.440. The van der Waals surface area contributed by atoms with Crippen molar-refractivity contribution in [2.24, 2.45) is 0 Å². The molecule has 0 bridgehead atoms. The first-order valence-electron chi connectivity index (χ1n) is 3.53. The van der Waals surface area contributed by atoms with Crippen molar-refractivity contribution in [2.75, 3.05) is 0 Å². The first-order chi connectivity index (χ1) is 5.16. The van der Waals surface area contributed by atoms with Crippen LogP contribution in [0.25, 0.3) is 0 Å². The standard InChI is InChI=1S/C10H14Si/c1-6-10(5)11(7-2,8-3)9-4/h1,7-10H,2-4H2,5H3. The molecule has 0 aliphatic heterocycles. The summed E-state index contributed by atoms with van der Waals surface area (Å²) in [6.07, 6.45) is 5.33. The van der Waals surface area contributed by atoms with Gasteiger partial charge in [-0.2, -0.15) is 0 Å². The summed E-state index contributed by atoms with van der Waals surface area (Å²) in [4.78, 5) is 0. The van der Waals surface area contributed by atoms with Crippen LogP contribution in [0.15, 0.2) is 36.8 Å². The fourth-order valence-electron chi connectivity index (χ4n) is 0.925. The van der Waals surface area contributed by atoms with E-state index >= 15 is 0 Å². The highest BCUT2D eigenvalue weighted by atomic mass is 28.3. The van der Waals surface area contributed by atoms with Crippen LogP contribution in [0.3, 0.4) is 0 Å². The lowest BCUT2D eigenvalue weighted by Gasteiger charge is -2.22. The lowest BCUT2D eigenvalue weighted by atomic mass is 10.5. The van der Waals surface area contributed by atoms with Crippen molar-refractivity contribution in [3.8, 4) is 12.3 Å². The molecule has 0 aliphatic carbocycles. The van der Waals surface area contributed by atoms with Crippen molar-refractivity contribution in [3.05, 3.63) is 36.8 Å². The third kappa shape index (κ3) is 1.72. The van der Waals surface area contributed by atoms with Crippen molar-refractivity contribution >= 4 is 8.07 Å². The highest BCUT2D eigenvalue weighted by Gasteiger charge is 2.27. The van der Waals surface area contributed by atoms with Crippen LogP contribution in [0.4, 0.5) is 0 Å². The second kappa shape index (κ2) is 4.00. The molecule has 0 saturated carbocycles. The molecule has 0 aliphatic rings. The lowest BCUT2D eigenvalue weighted by Crippen LogP contribution is -2.31. The number of terminal acetylenes is 1. The van der Waals surface area contributed by atoms with E-state index in [1.165, 1.54) is 0 Å². The van der Waals surface area contributed by atoms with Crippen molar-refractivity contribution in [3.63, 3.8) is 0 Å². The van der Waals surface area contributed by atoms with Gasteiger partial charge in [-0.25, -0.2) is 0 Å². The Balaban J connectivity index is 4.85. The maximum Gasteiger partial charge on any atom is 0.139 e. The Hall–Kier alpha value is -1.00. The third-order valence-electron chi connectivity index (χ3n) is 2.06. The van der Waals surface area contributed by atoms with E-state index in [1.807, 2.05) is 24.0 Å². The first kappa shape index (κ1) is 10.00. The molecule has 1 heteroatoms. The highest BCUT2D eigenvalue weighted by molar-refractivity contribution is 6.94. The van der Waals surface area contributed by atoms with Gasteiger partial charge in [-0.1, -0.05) is 24.0 Å². The zero-order chi connectivity index (χ0) is 8.91. The minimum Gasteiger partial charge on any atom is -0.120 e. The molecule has 1 atom stereocenters. The SMILES string of the molecule is C#CC(C)[Si](C=C)(C=C)C=C. The van der Waals surface area contributed by atoms with Gasteiger partial charge in [-0.3, -0.25) is 0 Å². The van der Waals surface area contributed by atoms with E-state index in [1.54, 1.807) is 0 Å². The molecular formula is C10H14Si. The van der Waals surface area contributed by atoms with Crippen molar-refractivity contribution in [2.45, 2.75) is 12.5 Å². The summed E-state index contributed by atoms with van der Waals surface area (Å²) in [7, 11) is -1.77. The minimum atomic E-state index is -1.77. The van der Waals surface area contributed by atoms with Gasteiger partial charge in [0.2, 0.25) is 0 Å². The van der Waals surface area contributed by atoms with E-state index < -0.39 is 8.07 Å². The molecule has 0 fully saturated rings. The monoisotopic (exact) mass is 162 g/mol. The Kier molecular flexibility index (Phi) is 3.63. The molecule has 0 aromatic heterocycles. The molecular weight excluding hydrogens is 148 g/mol. The van der Waals surface area contributed by atoms with E-state index in [0.29, 0.717) is 0 Å². The summed E-state index contributed by atoms with van der Waals surface area (Å²) in [5.41, 5.74) is 5.95. The largest absolute Gasteiger partial charge is 0.139 e. The fraction of sp³-hybridized carbons (Fsp3) is 0.200. The Morgan fingerprint density at radius 3 is 1.73 bits per heavy atom. The molecule has 0 aromatic carbocycles. The van der Waals surface area contributed by atoms with Crippen LogP contribution < -0.4 is 0 Å². The zero-order valence-corrected chi connectivity index (χ0v) is 8.01. The Morgan fingerprint density at radius 2 is 1.64 bits per heavy atom. The number of hydrogen-bond acceptors (Lipinski definition) is 0. The normalized spacial score (nSPS) is 12.7. The third-order valence-corrected chi connectivity index (χ3v) is 5.85. The molecule has 0 saturated heterocycles. The van der Waals surface area contributed by atoms with E-state index in [2.05, 4.69) is 25.7 Å². The molecule has 11 heavy (non-hydrogen) atoms. The fourth-order valence-corrected chi connectivity index (χ4v) is 2.77. The second-order valence-electron chi connectivity index (χ2n) is 2.50. The molecule has 0 aromatic rings. The molecule has 58 valence electrons. The molecule has 0 nitrogen and oxygen atoms in total. The van der Waals surface area contributed by atoms with Gasteiger partial charge in [0, 0.05) is 5.54 Å². The molecule has 1 unspecified atom stereocenters. The summed E-state index contributed by atoms with van der Waals surface area (Å²) >= 11 is 0. The molecule has 0 spiro atoms. The lowest BCUT2D eigenvalue weighted by molar-refractivity contribution is 1.21. The van der Waals surface area contributed by atoms with Gasteiger partial charge < -0.3 is 0 Å². The van der Waals surface area contributed by atoms with Gasteiger partial charge in [0.25, 0.3) is 0 Å². The Bertz CT molecular complexity index is 186. The van der Waals surface area contributed by atoms with Crippen LogP contribution in [0.5, 0.6) is 0 Å². The Morgan fingerprint density at radius 1 is 1.27 bits per heavy atom. The van der Waals surface area contributed by atoms with Crippen molar-refractivity contribution in [1.82, 2.24) is 0 Å². The minimum absolute atomic E-state index is 0.204. The van der Waals surface area contributed by atoms with Gasteiger partial charge in [0.1, 0.15) is 8.07 Å². The smallest absolute Gasteiger partial charge is 0.120 e. The zero-order valence-electron chi connectivity index (χ0n) is 7.01. The molecule has 0 amide bonds. The summed E-state index contributed by atoms with van der Waals surface area (Å²) in [5.74, 6) is 2.71. The first-order valence-corrected chi connectivity index (χ1v) is 5.84.